The number of piperidine rings is 1. The first-order valence-electron chi connectivity index (χ1n) is 11.3. The van der Waals surface area contributed by atoms with Crippen LogP contribution >= 0.6 is 11.8 Å². The molecule has 0 bridgehead atoms. The molecule has 0 unspecified atom stereocenters. The molecule has 6 heteroatoms. The fourth-order valence-electron chi connectivity index (χ4n) is 4.18. The molecule has 170 valence electrons. The number of carbonyl (C=O) groups excluding carboxylic acids is 2. The van der Waals surface area contributed by atoms with E-state index >= 15 is 0 Å². The van der Waals surface area contributed by atoms with Crippen LogP contribution < -0.4 is 5.32 Å². The van der Waals surface area contributed by atoms with Crippen molar-refractivity contribution in [1.82, 2.24) is 15.2 Å². The highest BCUT2D eigenvalue weighted by molar-refractivity contribution is 7.98. The van der Waals surface area contributed by atoms with E-state index in [4.69, 9.17) is 0 Å². The van der Waals surface area contributed by atoms with Gasteiger partial charge in [-0.2, -0.15) is 0 Å². The Morgan fingerprint density at radius 1 is 0.970 bits per heavy atom. The van der Waals surface area contributed by atoms with Crippen LogP contribution in [0.15, 0.2) is 78.0 Å². The molecule has 1 aliphatic heterocycles. The summed E-state index contributed by atoms with van der Waals surface area (Å²) in [5, 5.41) is 3.86. The van der Waals surface area contributed by atoms with Crippen molar-refractivity contribution in [3.63, 3.8) is 0 Å². The molecule has 3 aromatic rings. The molecule has 2 heterocycles. The molecule has 0 saturated carbocycles. The summed E-state index contributed by atoms with van der Waals surface area (Å²) in [6.07, 6.45) is 5.82. The maximum Gasteiger partial charge on any atom is 0.256 e. The van der Waals surface area contributed by atoms with Crippen molar-refractivity contribution in [2.75, 3.05) is 25.9 Å². The minimum absolute atomic E-state index is 0.0425. The molecule has 33 heavy (non-hydrogen) atoms. The quantitative estimate of drug-likeness (QED) is 0.521. The van der Waals surface area contributed by atoms with Gasteiger partial charge < -0.3 is 10.2 Å². The van der Waals surface area contributed by atoms with E-state index in [9.17, 15) is 9.59 Å². The molecule has 1 saturated heterocycles. The molecule has 1 aliphatic rings. The number of pyridine rings is 1. The number of aromatic nitrogens is 1. The summed E-state index contributed by atoms with van der Waals surface area (Å²) in [6, 6.07) is 22.1. The summed E-state index contributed by atoms with van der Waals surface area (Å²) < 4.78 is 0. The number of likely N-dealkylation sites (tertiary alicyclic amines) is 1. The average molecular weight is 460 g/mol. The lowest BCUT2D eigenvalue weighted by molar-refractivity contribution is -0.120. The number of hydrogen-bond acceptors (Lipinski definition) is 4. The number of carbonyl (C=O) groups is 2. The summed E-state index contributed by atoms with van der Waals surface area (Å²) in [4.78, 5) is 31.5. The third kappa shape index (κ3) is 6.02. The van der Waals surface area contributed by atoms with Gasteiger partial charge in [0.1, 0.15) is 5.03 Å². The zero-order chi connectivity index (χ0) is 23.0. The molecule has 4 rings (SSSR count). The van der Waals surface area contributed by atoms with Crippen molar-refractivity contribution in [1.29, 1.82) is 0 Å². The molecule has 2 amide bonds. The van der Waals surface area contributed by atoms with Gasteiger partial charge in [0.2, 0.25) is 5.91 Å². The van der Waals surface area contributed by atoms with E-state index in [1.807, 2.05) is 53.6 Å². The maximum atomic E-state index is 12.9. The lowest BCUT2D eigenvalue weighted by Gasteiger charge is -2.32. The highest BCUT2D eigenvalue weighted by Crippen LogP contribution is 2.23. The van der Waals surface area contributed by atoms with Crippen LogP contribution in [0.4, 0.5) is 0 Å². The molecule has 1 aromatic heterocycles. The molecule has 5 nitrogen and oxygen atoms in total. The highest BCUT2D eigenvalue weighted by atomic mass is 32.2. The minimum Gasteiger partial charge on any atom is -0.356 e. The third-order valence-electron chi connectivity index (χ3n) is 6.11. The predicted molar refractivity (Wildman–Crippen MR) is 133 cm³/mol. The van der Waals surface area contributed by atoms with Crippen LogP contribution in [0, 0.1) is 5.92 Å². The predicted octanol–water partition coefficient (Wildman–Crippen LogP) is 4.68. The van der Waals surface area contributed by atoms with Crippen LogP contribution in [0.5, 0.6) is 0 Å². The molecular weight excluding hydrogens is 430 g/mol. The smallest absolute Gasteiger partial charge is 0.256 e. The number of amides is 2. The maximum absolute atomic E-state index is 12.9. The second-order valence-electron chi connectivity index (χ2n) is 8.34. The van der Waals surface area contributed by atoms with Gasteiger partial charge in [0.15, 0.2) is 0 Å². The van der Waals surface area contributed by atoms with Gasteiger partial charge in [0.25, 0.3) is 5.91 Å². The fourth-order valence-corrected chi connectivity index (χ4v) is 4.72. The van der Waals surface area contributed by atoms with Crippen LogP contribution in [-0.4, -0.2) is 47.6 Å². The Morgan fingerprint density at radius 2 is 1.67 bits per heavy atom. The summed E-state index contributed by atoms with van der Waals surface area (Å²) in [6.45, 7) is 2.08. The number of benzene rings is 2. The second kappa shape index (κ2) is 11.1. The normalized spacial score (nSPS) is 14.2. The molecule has 2 aromatic carbocycles. The van der Waals surface area contributed by atoms with Gasteiger partial charge in [-0.1, -0.05) is 54.6 Å². The van der Waals surface area contributed by atoms with Gasteiger partial charge in [-0.3, -0.25) is 9.59 Å². The fraction of sp³-hybridized carbons (Fsp3) is 0.296. The largest absolute Gasteiger partial charge is 0.356 e. The number of nitrogens with one attached hydrogen (secondary N) is 1. The lowest BCUT2D eigenvalue weighted by Crippen LogP contribution is -2.42. The first-order valence-corrected chi connectivity index (χ1v) is 12.6. The molecule has 1 N–H and O–H groups in total. The van der Waals surface area contributed by atoms with E-state index in [-0.39, 0.29) is 11.8 Å². The zero-order valence-electron chi connectivity index (χ0n) is 18.9. The van der Waals surface area contributed by atoms with E-state index in [0.717, 1.165) is 29.0 Å². The zero-order valence-corrected chi connectivity index (χ0v) is 19.7. The Kier molecular flexibility index (Phi) is 7.79. The van der Waals surface area contributed by atoms with Gasteiger partial charge in [0.05, 0.1) is 12.0 Å². The summed E-state index contributed by atoms with van der Waals surface area (Å²) in [7, 11) is 0. The van der Waals surface area contributed by atoms with E-state index in [0.29, 0.717) is 37.5 Å². The summed E-state index contributed by atoms with van der Waals surface area (Å²) >= 11 is 1.49. The van der Waals surface area contributed by atoms with Crippen molar-refractivity contribution in [3.05, 3.63) is 84.1 Å². The van der Waals surface area contributed by atoms with Gasteiger partial charge in [0, 0.05) is 25.8 Å². The van der Waals surface area contributed by atoms with Crippen molar-refractivity contribution in [3.8, 4) is 11.1 Å². The van der Waals surface area contributed by atoms with Crippen LogP contribution in [-0.2, 0) is 11.2 Å². The monoisotopic (exact) mass is 459 g/mol. The summed E-state index contributed by atoms with van der Waals surface area (Å²) in [5.74, 6) is 0.488. The lowest BCUT2D eigenvalue weighted by atomic mass is 9.96. The molecule has 1 fully saturated rings. The van der Waals surface area contributed by atoms with Crippen molar-refractivity contribution < 1.29 is 9.59 Å². The minimum atomic E-state index is 0.0425. The first kappa shape index (κ1) is 23.1. The van der Waals surface area contributed by atoms with E-state index in [1.54, 1.807) is 6.20 Å². The van der Waals surface area contributed by atoms with Gasteiger partial charge in [-0.05, 0) is 53.8 Å². The standard InChI is InChI=1S/C27H29N3O2S/c1-33-26-24(8-5-15-28-26)27(32)30-16-13-21(14-17-30)19-29-25(31)18-20-9-11-23(12-10-20)22-6-3-2-4-7-22/h2-12,15,21H,13-14,16-19H2,1H3,(H,29,31). The van der Waals surface area contributed by atoms with Crippen molar-refractivity contribution >= 4 is 23.6 Å². The highest BCUT2D eigenvalue weighted by Gasteiger charge is 2.25. The van der Waals surface area contributed by atoms with Gasteiger partial charge >= 0.3 is 0 Å². The SMILES string of the molecule is CSc1ncccc1C(=O)N1CCC(CNC(=O)Cc2ccc(-c3ccccc3)cc2)CC1. The number of nitrogens with zero attached hydrogens (tertiary/aromatic N) is 2. The summed E-state index contributed by atoms with van der Waals surface area (Å²) in [5.41, 5.74) is 4.01. The van der Waals surface area contributed by atoms with Crippen LogP contribution in [0.25, 0.3) is 11.1 Å². The molecular formula is C27H29N3O2S. The Bertz CT molecular complexity index is 1080. The Morgan fingerprint density at radius 3 is 2.36 bits per heavy atom. The van der Waals surface area contributed by atoms with E-state index in [2.05, 4.69) is 34.6 Å². The van der Waals surface area contributed by atoms with Crippen LogP contribution in [0.2, 0.25) is 0 Å². The molecule has 0 radical (unpaired) electrons. The molecule has 0 aliphatic carbocycles. The topological polar surface area (TPSA) is 62.3 Å². The Hall–Kier alpha value is -3.12. The molecule has 0 atom stereocenters. The Balaban J connectivity index is 1.22. The van der Waals surface area contributed by atoms with E-state index in [1.165, 1.54) is 17.3 Å². The molecule has 0 spiro atoms. The van der Waals surface area contributed by atoms with Crippen LogP contribution in [0.3, 0.4) is 0 Å². The van der Waals surface area contributed by atoms with Crippen molar-refractivity contribution in [2.45, 2.75) is 24.3 Å². The van der Waals surface area contributed by atoms with Gasteiger partial charge in [-0.15, -0.1) is 11.8 Å². The number of hydrogen-bond donors (Lipinski definition) is 1. The average Bonchev–Trinajstić information content (AvgIpc) is 2.88. The van der Waals surface area contributed by atoms with E-state index < -0.39 is 0 Å². The first-order chi connectivity index (χ1) is 16.1. The number of thioether (sulfide) groups is 1. The third-order valence-corrected chi connectivity index (χ3v) is 6.82. The van der Waals surface area contributed by atoms with Crippen molar-refractivity contribution in [2.24, 2.45) is 5.92 Å². The second-order valence-corrected chi connectivity index (χ2v) is 9.13. The van der Waals surface area contributed by atoms with Gasteiger partial charge in [-0.25, -0.2) is 4.98 Å². The Labute approximate surface area is 199 Å². The van der Waals surface area contributed by atoms with Crippen LogP contribution in [0.1, 0.15) is 28.8 Å². The number of rotatable bonds is 7.